The lowest BCUT2D eigenvalue weighted by molar-refractivity contribution is -0.0522. The van der Waals surface area contributed by atoms with Crippen molar-refractivity contribution in [2.24, 2.45) is 0 Å². The van der Waals surface area contributed by atoms with Gasteiger partial charge in [0.05, 0.1) is 0 Å². The summed E-state index contributed by atoms with van der Waals surface area (Å²) in [6.45, 7) is 13.9. The SMILES string of the molecule is [C-]#[N+]c1nc(CCC2(N3CCN(Cc4ccccc4)CC3)CCOCC2)ccc1F. The van der Waals surface area contributed by atoms with Crippen molar-refractivity contribution in [1.82, 2.24) is 14.8 Å². The largest absolute Gasteiger partial charge is 0.381 e. The maximum atomic E-state index is 13.6. The molecule has 2 aliphatic rings. The second-order valence-electron chi connectivity index (χ2n) is 8.31. The number of rotatable bonds is 6. The van der Waals surface area contributed by atoms with Crippen molar-refractivity contribution in [3.8, 4) is 0 Å². The van der Waals surface area contributed by atoms with Crippen LogP contribution in [0.2, 0.25) is 0 Å². The fraction of sp³-hybridized carbons (Fsp3) is 0.500. The molecule has 0 saturated carbocycles. The topological polar surface area (TPSA) is 33.0 Å². The highest BCUT2D eigenvalue weighted by atomic mass is 19.1. The van der Waals surface area contributed by atoms with Crippen LogP contribution in [0, 0.1) is 12.4 Å². The first-order valence-corrected chi connectivity index (χ1v) is 10.8. The standard InChI is InChI=1S/C24H29FN4O/c1-26-23-22(25)8-7-21(27-23)9-10-24(11-17-30-18-12-24)29-15-13-28(14-16-29)19-20-5-3-2-4-6-20/h2-8H,9-19H2. The first kappa shape index (κ1) is 20.9. The smallest absolute Gasteiger partial charge is 0.305 e. The molecule has 158 valence electrons. The van der Waals surface area contributed by atoms with Crippen molar-refractivity contribution in [1.29, 1.82) is 0 Å². The van der Waals surface area contributed by atoms with Gasteiger partial charge in [-0.25, -0.2) is 4.39 Å². The highest BCUT2D eigenvalue weighted by Gasteiger charge is 2.39. The highest BCUT2D eigenvalue weighted by Crippen LogP contribution is 2.34. The van der Waals surface area contributed by atoms with Gasteiger partial charge < -0.3 is 9.58 Å². The van der Waals surface area contributed by atoms with Crippen molar-refractivity contribution < 1.29 is 9.13 Å². The van der Waals surface area contributed by atoms with Crippen LogP contribution >= 0.6 is 0 Å². The van der Waals surface area contributed by atoms with E-state index in [4.69, 9.17) is 11.3 Å². The van der Waals surface area contributed by atoms with Crippen LogP contribution in [0.5, 0.6) is 0 Å². The molecule has 0 radical (unpaired) electrons. The van der Waals surface area contributed by atoms with Crippen LogP contribution in [0.4, 0.5) is 10.2 Å². The van der Waals surface area contributed by atoms with E-state index in [2.05, 4.69) is 50.0 Å². The van der Waals surface area contributed by atoms with Gasteiger partial charge in [0, 0.05) is 57.9 Å². The van der Waals surface area contributed by atoms with Gasteiger partial charge in [0.15, 0.2) is 0 Å². The van der Waals surface area contributed by atoms with Gasteiger partial charge in [0.1, 0.15) is 11.5 Å². The Morgan fingerprint density at radius 1 is 1.03 bits per heavy atom. The van der Waals surface area contributed by atoms with Crippen molar-refractivity contribution in [3.63, 3.8) is 0 Å². The summed E-state index contributed by atoms with van der Waals surface area (Å²) in [5, 5.41) is 0. The van der Waals surface area contributed by atoms with Gasteiger partial charge in [-0.15, -0.1) is 4.98 Å². The molecule has 4 rings (SSSR count). The van der Waals surface area contributed by atoms with E-state index >= 15 is 0 Å². The van der Waals surface area contributed by atoms with Crippen molar-refractivity contribution >= 4 is 5.82 Å². The van der Waals surface area contributed by atoms with Gasteiger partial charge in [-0.2, -0.15) is 0 Å². The van der Waals surface area contributed by atoms with E-state index < -0.39 is 5.82 Å². The van der Waals surface area contributed by atoms with E-state index in [1.54, 1.807) is 6.07 Å². The molecule has 2 saturated heterocycles. The summed E-state index contributed by atoms with van der Waals surface area (Å²) in [7, 11) is 0. The average molecular weight is 409 g/mol. The number of hydrogen-bond donors (Lipinski definition) is 0. The number of aromatic nitrogens is 1. The zero-order valence-corrected chi connectivity index (χ0v) is 17.4. The van der Waals surface area contributed by atoms with E-state index in [1.807, 2.05) is 0 Å². The number of ether oxygens (including phenoxy) is 1. The summed E-state index contributed by atoms with van der Waals surface area (Å²) < 4.78 is 19.3. The Labute approximate surface area is 178 Å². The number of piperazine rings is 1. The van der Waals surface area contributed by atoms with Crippen LogP contribution in [0.25, 0.3) is 4.85 Å². The Morgan fingerprint density at radius 2 is 1.77 bits per heavy atom. The maximum absolute atomic E-state index is 13.6. The molecular formula is C24H29FN4O. The number of halogens is 1. The Hall–Kier alpha value is -2.33. The van der Waals surface area contributed by atoms with Crippen molar-refractivity contribution in [2.75, 3.05) is 39.4 Å². The average Bonchev–Trinajstić information content (AvgIpc) is 2.80. The van der Waals surface area contributed by atoms with E-state index in [9.17, 15) is 4.39 Å². The maximum Gasteiger partial charge on any atom is 0.305 e. The molecule has 0 atom stereocenters. The lowest BCUT2D eigenvalue weighted by atomic mass is 9.82. The summed E-state index contributed by atoms with van der Waals surface area (Å²) in [5.41, 5.74) is 2.27. The van der Waals surface area contributed by atoms with Gasteiger partial charge in [0.2, 0.25) is 0 Å². The molecule has 0 amide bonds. The summed E-state index contributed by atoms with van der Waals surface area (Å²) >= 11 is 0. The van der Waals surface area contributed by atoms with E-state index in [0.717, 1.165) is 77.3 Å². The van der Waals surface area contributed by atoms with Gasteiger partial charge >= 0.3 is 5.82 Å². The molecular weight excluding hydrogens is 379 g/mol. The van der Waals surface area contributed by atoms with Crippen LogP contribution in [0.3, 0.4) is 0 Å². The van der Waals surface area contributed by atoms with E-state index in [0.29, 0.717) is 0 Å². The second kappa shape index (κ2) is 9.65. The normalized spacial score (nSPS) is 20.0. The molecule has 1 aromatic carbocycles. The van der Waals surface area contributed by atoms with Crippen molar-refractivity contribution in [2.45, 2.75) is 37.8 Å². The molecule has 3 heterocycles. The lowest BCUT2D eigenvalue weighted by Gasteiger charge is -2.50. The van der Waals surface area contributed by atoms with Crippen LogP contribution < -0.4 is 0 Å². The molecule has 0 bridgehead atoms. The minimum absolute atomic E-state index is 0.103. The molecule has 30 heavy (non-hydrogen) atoms. The lowest BCUT2D eigenvalue weighted by Crippen LogP contribution is -2.59. The molecule has 6 heteroatoms. The monoisotopic (exact) mass is 408 g/mol. The molecule has 0 N–H and O–H groups in total. The van der Waals surface area contributed by atoms with Gasteiger partial charge in [0.25, 0.3) is 0 Å². The first-order chi connectivity index (χ1) is 14.7. The number of aryl methyl sites for hydroxylation is 1. The number of nitrogens with zero attached hydrogens (tertiary/aromatic N) is 4. The predicted octanol–water partition coefficient (Wildman–Crippen LogP) is 4.07. The number of hydrogen-bond acceptors (Lipinski definition) is 4. The minimum Gasteiger partial charge on any atom is -0.381 e. The summed E-state index contributed by atoms with van der Waals surface area (Å²) in [6.07, 6.45) is 3.75. The molecule has 0 spiro atoms. The Bertz CT molecular complexity index is 869. The van der Waals surface area contributed by atoms with E-state index in [1.165, 1.54) is 11.6 Å². The molecule has 1 aromatic heterocycles. The van der Waals surface area contributed by atoms with Crippen LogP contribution in [0.1, 0.15) is 30.5 Å². The zero-order chi connectivity index (χ0) is 20.8. The molecule has 2 aromatic rings. The molecule has 0 unspecified atom stereocenters. The molecule has 5 nitrogen and oxygen atoms in total. The van der Waals surface area contributed by atoms with E-state index in [-0.39, 0.29) is 11.4 Å². The summed E-state index contributed by atoms with van der Waals surface area (Å²) in [5.74, 6) is -0.660. The molecule has 2 fully saturated rings. The summed E-state index contributed by atoms with van der Waals surface area (Å²) in [6, 6.07) is 13.7. The van der Waals surface area contributed by atoms with Crippen LogP contribution in [0.15, 0.2) is 42.5 Å². The predicted molar refractivity (Wildman–Crippen MR) is 115 cm³/mol. The Kier molecular flexibility index (Phi) is 6.73. The zero-order valence-electron chi connectivity index (χ0n) is 17.4. The second-order valence-corrected chi connectivity index (χ2v) is 8.31. The summed E-state index contributed by atoms with van der Waals surface area (Å²) in [4.78, 5) is 12.6. The Balaban J connectivity index is 1.39. The highest BCUT2D eigenvalue weighted by molar-refractivity contribution is 5.38. The number of benzene rings is 1. The van der Waals surface area contributed by atoms with Crippen LogP contribution in [-0.4, -0.2) is 59.7 Å². The fourth-order valence-electron chi connectivity index (χ4n) is 4.75. The third kappa shape index (κ3) is 4.86. The third-order valence-corrected chi connectivity index (χ3v) is 6.55. The molecule has 0 aliphatic carbocycles. The fourth-order valence-corrected chi connectivity index (χ4v) is 4.75. The van der Waals surface area contributed by atoms with Crippen LogP contribution in [-0.2, 0) is 17.7 Å². The van der Waals surface area contributed by atoms with Gasteiger partial charge in [-0.3, -0.25) is 9.80 Å². The number of pyridine rings is 1. The van der Waals surface area contributed by atoms with Gasteiger partial charge in [-0.05, 0) is 37.0 Å². The molecule has 2 aliphatic heterocycles. The first-order valence-electron chi connectivity index (χ1n) is 10.8. The van der Waals surface area contributed by atoms with Crippen molar-refractivity contribution in [3.05, 3.63) is 71.0 Å². The van der Waals surface area contributed by atoms with Gasteiger partial charge in [-0.1, -0.05) is 36.9 Å². The Morgan fingerprint density at radius 3 is 2.47 bits per heavy atom. The minimum atomic E-state index is -0.538. The quantitative estimate of drug-likeness (QED) is 0.675. The third-order valence-electron chi connectivity index (χ3n) is 6.55.